The van der Waals surface area contributed by atoms with Crippen molar-refractivity contribution >= 4 is 23.4 Å². The molecule has 1 aliphatic heterocycles. The quantitative estimate of drug-likeness (QED) is 0.673. The molecule has 0 aliphatic carbocycles. The molecule has 0 atom stereocenters. The lowest BCUT2D eigenvalue weighted by atomic mass is 10.0. The summed E-state index contributed by atoms with van der Waals surface area (Å²) in [5.74, 6) is -1.02. The number of pyridine rings is 1. The Morgan fingerprint density at radius 3 is 2.65 bits per heavy atom. The van der Waals surface area contributed by atoms with E-state index in [0.29, 0.717) is 31.5 Å². The minimum absolute atomic E-state index is 0.0524. The lowest BCUT2D eigenvalue weighted by Gasteiger charge is -2.32. The summed E-state index contributed by atoms with van der Waals surface area (Å²) >= 11 is 5.43. The van der Waals surface area contributed by atoms with E-state index in [-0.39, 0.29) is 23.7 Å². The Morgan fingerprint density at radius 1 is 1.40 bits per heavy atom. The number of halogens is 2. The third-order valence-electron chi connectivity index (χ3n) is 3.24. The van der Waals surface area contributed by atoms with E-state index in [1.165, 1.54) is 18.3 Å². The number of hydrogen-bond acceptors (Lipinski definition) is 3. The molecule has 1 N–H and O–H groups in total. The van der Waals surface area contributed by atoms with Gasteiger partial charge in [0.05, 0.1) is 5.56 Å². The molecule has 20 heavy (non-hydrogen) atoms. The summed E-state index contributed by atoms with van der Waals surface area (Å²) in [5.41, 5.74) is 0.370. The predicted octanol–water partition coefficient (Wildman–Crippen LogP) is 1.18. The molecule has 5 nitrogen and oxygen atoms in total. The van der Waals surface area contributed by atoms with E-state index in [0.717, 1.165) is 0 Å². The number of likely N-dealkylation sites (tertiary alicyclic amines) is 1. The van der Waals surface area contributed by atoms with E-state index in [9.17, 15) is 14.0 Å². The summed E-state index contributed by atoms with van der Waals surface area (Å²) in [7, 11) is 0. The summed E-state index contributed by atoms with van der Waals surface area (Å²) in [4.78, 5) is 28.5. The number of rotatable bonds is 3. The van der Waals surface area contributed by atoms with Crippen LogP contribution in [0.25, 0.3) is 0 Å². The molecule has 0 aromatic carbocycles. The van der Waals surface area contributed by atoms with E-state index in [1.807, 2.05) is 0 Å². The van der Waals surface area contributed by atoms with Gasteiger partial charge in [-0.15, -0.1) is 11.6 Å². The molecule has 1 aromatic rings. The van der Waals surface area contributed by atoms with Gasteiger partial charge in [0, 0.05) is 25.3 Å². The lowest BCUT2D eigenvalue weighted by Crippen LogP contribution is -2.46. The van der Waals surface area contributed by atoms with Crippen molar-refractivity contribution in [3.63, 3.8) is 0 Å². The maximum Gasteiger partial charge on any atom is 0.255 e. The van der Waals surface area contributed by atoms with E-state index < -0.39 is 5.95 Å². The highest BCUT2D eigenvalue weighted by atomic mass is 35.5. The molecular weight excluding hydrogens is 285 g/mol. The SMILES string of the molecule is O=C(CCl)NC1CCN(C(=O)c2ccc(F)nc2)CC1. The van der Waals surface area contributed by atoms with Gasteiger partial charge in [0.25, 0.3) is 5.91 Å². The van der Waals surface area contributed by atoms with Crippen molar-refractivity contribution in [2.24, 2.45) is 0 Å². The highest BCUT2D eigenvalue weighted by Gasteiger charge is 2.24. The Kier molecular flexibility index (Phi) is 4.89. The first-order valence-electron chi connectivity index (χ1n) is 6.36. The highest BCUT2D eigenvalue weighted by molar-refractivity contribution is 6.27. The van der Waals surface area contributed by atoms with Gasteiger partial charge < -0.3 is 10.2 Å². The van der Waals surface area contributed by atoms with Gasteiger partial charge in [-0.25, -0.2) is 4.98 Å². The van der Waals surface area contributed by atoms with Crippen LogP contribution in [0.15, 0.2) is 18.3 Å². The smallest absolute Gasteiger partial charge is 0.255 e. The second kappa shape index (κ2) is 6.65. The van der Waals surface area contributed by atoms with Crippen molar-refractivity contribution in [1.29, 1.82) is 0 Å². The van der Waals surface area contributed by atoms with Crippen molar-refractivity contribution in [2.45, 2.75) is 18.9 Å². The number of nitrogens with one attached hydrogen (secondary N) is 1. The van der Waals surface area contributed by atoms with Crippen LogP contribution in [0.5, 0.6) is 0 Å². The second-order valence-electron chi connectivity index (χ2n) is 4.64. The summed E-state index contributed by atoms with van der Waals surface area (Å²) < 4.78 is 12.7. The minimum Gasteiger partial charge on any atom is -0.352 e. The number of aromatic nitrogens is 1. The number of nitrogens with zero attached hydrogens (tertiary/aromatic N) is 2. The fourth-order valence-electron chi connectivity index (χ4n) is 2.18. The Labute approximate surface area is 121 Å². The molecule has 0 spiro atoms. The van der Waals surface area contributed by atoms with Gasteiger partial charge in [0.1, 0.15) is 5.88 Å². The Hall–Kier alpha value is -1.69. The van der Waals surface area contributed by atoms with Crippen LogP contribution in [0.1, 0.15) is 23.2 Å². The molecule has 0 unspecified atom stereocenters. The fourth-order valence-corrected chi connectivity index (χ4v) is 2.26. The van der Waals surface area contributed by atoms with Crippen molar-refractivity contribution in [2.75, 3.05) is 19.0 Å². The van der Waals surface area contributed by atoms with E-state index in [1.54, 1.807) is 4.90 Å². The van der Waals surface area contributed by atoms with Gasteiger partial charge in [-0.3, -0.25) is 9.59 Å². The van der Waals surface area contributed by atoms with Crippen LogP contribution in [0, 0.1) is 5.95 Å². The van der Waals surface area contributed by atoms with Crippen LogP contribution in [0.2, 0.25) is 0 Å². The molecule has 7 heteroatoms. The van der Waals surface area contributed by atoms with Crippen molar-refractivity contribution in [3.8, 4) is 0 Å². The number of hydrogen-bond donors (Lipinski definition) is 1. The molecule has 1 saturated heterocycles. The number of alkyl halides is 1. The fraction of sp³-hybridized carbons (Fsp3) is 0.462. The average molecular weight is 300 g/mol. The molecule has 2 amide bonds. The molecule has 1 fully saturated rings. The average Bonchev–Trinajstić information content (AvgIpc) is 2.48. The van der Waals surface area contributed by atoms with Crippen molar-refractivity contribution < 1.29 is 14.0 Å². The van der Waals surface area contributed by atoms with E-state index in [2.05, 4.69) is 10.3 Å². The van der Waals surface area contributed by atoms with Gasteiger partial charge in [-0.1, -0.05) is 0 Å². The Balaban J connectivity index is 1.88. The number of amides is 2. The molecule has 108 valence electrons. The first-order valence-corrected chi connectivity index (χ1v) is 6.89. The molecule has 0 radical (unpaired) electrons. The molecule has 2 heterocycles. The summed E-state index contributed by atoms with van der Waals surface area (Å²) in [6, 6.07) is 2.64. The zero-order valence-corrected chi connectivity index (χ0v) is 11.6. The van der Waals surface area contributed by atoms with Crippen LogP contribution in [0.3, 0.4) is 0 Å². The summed E-state index contributed by atoms with van der Waals surface area (Å²) in [6.07, 6.45) is 2.60. The largest absolute Gasteiger partial charge is 0.352 e. The van der Waals surface area contributed by atoms with Crippen LogP contribution >= 0.6 is 11.6 Å². The molecular formula is C13H15ClFN3O2. The maximum absolute atomic E-state index is 12.7. The second-order valence-corrected chi connectivity index (χ2v) is 4.90. The van der Waals surface area contributed by atoms with E-state index >= 15 is 0 Å². The Bertz CT molecular complexity index is 487. The number of piperidine rings is 1. The molecule has 1 aromatic heterocycles. The van der Waals surface area contributed by atoms with E-state index in [4.69, 9.17) is 11.6 Å². The standard InChI is InChI=1S/C13H15ClFN3O2/c14-7-12(19)17-10-3-5-18(6-4-10)13(20)9-1-2-11(15)16-8-9/h1-2,8,10H,3-7H2,(H,17,19). The van der Waals surface area contributed by atoms with Crippen LogP contribution in [-0.2, 0) is 4.79 Å². The predicted molar refractivity (Wildman–Crippen MR) is 72.0 cm³/mol. The zero-order chi connectivity index (χ0) is 14.5. The number of carbonyl (C=O) groups excluding carboxylic acids is 2. The minimum atomic E-state index is -0.607. The molecule has 2 rings (SSSR count). The van der Waals surface area contributed by atoms with Crippen LogP contribution < -0.4 is 5.32 Å². The number of carbonyl (C=O) groups is 2. The first kappa shape index (κ1) is 14.7. The summed E-state index contributed by atoms with van der Waals surface area (Å²) in [6.45, 7) is 1.09. The van der Waals surface area contributed by atoms with Gasteiger partial charge in [-0.05, 0) is 25.0 Å². The van der Waals surface area contributed by atoms with Crippen LogP contribution in [0.4, 0.5) is 4.39 Å². The highest BCUT2D eigenvalue weighted by Crippen LogP contribution is 2.14. The molecule has 0 bridgehead atoms. The van der Waals surface area contributed by atoms with Gasteiger partial charge >= 0.3 is 0 Å². The topological polar surface area (TPSA) is 62.3 Å². The molecule has 1 aliphatic rings. The van der Waals surface area contributed by atoms with Gasteiger partial charge in [-0.2, -0.15) is 4.39 Å². The molecule has 0 saturated carbocycles. The van der Waals surface area contributed by atoms with Crippen molar-refractivity contribution in [3.05, 3.63) is 29.8 Å². The van der Waals surface area contributed by atoms with Crippen LogP contribution in [-0.4, -0.2) is 46.7 Å². The lowest BCUT2D eigenvalue weighted by molar-refractivity contribution is -0.119. The van der Waals surface area contributed by atoms with Crippen molar-refractivity contribution in [1.82, 2.24) is 15.2 Å². The third kappa shape index (κ3) is 3.66. The monoisotopic (exact) mass is 299 g/mol. The third-order valence-corrected chi connectivity index (χ3v) is 3.49. The Morgan fingerprint density at radius 2 is 2.10 bits per heavy atom. The van der Waals surface area contributed by atoms with Gasteiger partial charge in [0.2, 0.25) is 11.9 Å². The maximum atomic E-state index is 12.7. The zero-order valence-electron chi connectivity index (χ0n) is 10.8. The summed E-state index contributed by atoms with van der Waals surface area (Å²) in [5, 5.41) is 2.80. The first-order chi connectivity index (χ1) is 9.60. The van der Waals surface area contributed by atoms with Gasteiger partial charge in [0.15, 0.2) is 0 Å². The normalized spacial score (nSPS) is 16.0.